The summed E-state index contributed by atoms with van der Waals surface area (Å²) >= 11 is 0. The lowest BCUT2D eigenvalue weighted by atomic mass is 10.0. The van der Waals surface area contributed by atoms with Crippen molar-refractivity contribution in [1.82, 2.24) is 0 Å². The largest absolute Gasteiger partial charge is 0.508 e. The summed E-state index contributed by atoms with van der Waals surface area (Å²) in [5.74, 6) is -1.37. The zero-order valence-electron chi connectivity index (χ0n) is 21.0. The lowest BCUT2D eigenvalue weighted by Gasteiger charge is -2.03. The number of allylic oxidation sites excluding steroid dienone is 2. The minimum absolute atomic E-state index is 0.237. The third-order valence-corrected chi connectivity index (χ3v) is 5.73. The van der Waals surface area contributed by atoms with Crippen LogP contribution in [0.2, 0.25) is 0 Å². The van der Waals surface area contributed by atoms with Crippen LogP contribution in [0, 0.1) is 0 Å². The predicted octanol–water partition coefficient (Wildman–Crippen LogP) is 7.30. The van der Waals surface area contributed by atoms with E-state index >= 15 is 0 Å². The van der Waals surface area contributed by atoms with E-state index in [1.807, 2.05) is 50.3 Å². The highest BCUT2D eigenvalue weighted by Crippen LogP contribution is 2.21. The first-order chi connectivity index (χ1) is 18.1. The number of aromatic hydroxyl groups is 2. The maximum atomic E-state index is 10.8. The lowest BCUT2D eigenvalue weighted by molar-refractivity contribution is 0.0686. The molecule has 0 spiro atoms. The van der Waals surface area contributed by atoms with Gasteiger partial charge in [-0.05, 0) is 95.8 Å². The van der Waals surface area contributed by atoms with Crippen LogP contribution in [0.5, 0.6) is 11.5 Å². The Bertz CT molecular complexity index is 1440. The number of aromatic carboxylic acids is 2. The Morgan fingerprint density at radius 3 is 1.11 bits per heavy atom. The van der Waals surface area contributed by atoms with E-state index in [4.69, 9.17) is 10.2 Å². The van der Waals surface area contributed by atoms with Crippen LogP contribution >= 0.6 is 0 Å². The zero-order chi connectivity index (χ0) is 27.7. The van der Waals surface area contributed by atoms with Crippen LogP contribution in [-0.2, 0) is 0 Å². The number of phenolic OH excluding ortho intramolecular Hbond substituents is 2. The van der Waals surface area contributed by atoms with Gasteiger partial charge >= 0.3 is 11.9 Å². The molecule has 0 aromatic heterocycles. The van der Waals surface area contributed by atoms with Gasteiger partial charge in [0.2, 0.25) is 0 Å². The second-order valence-electron chi connectivity index (χ2n) is 8.60. The summed E-state index contributed by atoms with van der Waals surface area (Å²) in [6, 6.07) is 27.3. The van der Waals surface area contributed by atoms with Crippen molar-refractivity contribution in [1.29, 1.82) is 0 Å². The maximum absolute atomic E-state index is 10.8. The van der Waals surface area contributed by atoms with Gasteiger partial charge in [-0.15, -0.1) is 0 Å². The van der Waals surface area contributed by atoms with Gasteiger partial charge in [-0.3, -0.25) is 0 Å². The van der Waals surface area contributed by atoms with Crippen molar-refractivity contribution in [3.63, 3.8) is 0 Å². The van der Waals surface area contributed by atoms with E-state index < -0.39 is 11.9 Å². The highest BCUT2D eigenvalue weighted by molar-refractivity contribution is 5.89. The minimum atomic E-state index is -0.925. The molecule has 0 fully saturated rings. The SMILES string of the molecule is CC(=Cc1ccc(C(=O)O)cc1)c1ccc(O)cc1.CC(=Cc1ccc(O)cc1)c1ccc(C(=O)O)cc1. The van der Waals surface area contributed by atoms with Crippen molar-refractivity contribution >= 4 is 35.2 Å². The van der Waals surface area contributed by atoms with Crippen LogP contribution in [-0.4, -0.2) is 32.4 Å². The number of carboxylic acid groups (broad SMARTS) is 2. The van der Waals surface area contributed by atoms with Crippen LogP contribution in [0.1, 0.15) is 56.8 Å². The number of hydrogen-bond acceptors (Lipinski definition) is 4. The molecule has 0 bridgehead atoms. The summed E-state index contributed by atoms with van der Waals surface area (Å²) in [5.41, 5.74) is 6.54. The van der Waals surface area contributed by atoms with Gasteiger partial charge in [-0.1, -0.05) is 60.7 Å². The molecule has 0 saturated heterocycles. The molecule has 4 aromatic rings. The van der Waals surface area contributed by atoms with Gasteiger partial charge in [-0.25, -0.2) is 9.59 Å². The van der Waals surface area contributed by atoms with Gasteiger partial charge in [0.1, 0.15) is 11.5 Å². The van der Waals surface area contributed by atoms with Gasteiger partial charge in [0, 0.05) is 0 Å². The van der Waals surface area contributed by atoms with Crippen molar-refractivity contribution < 1.29 is 30.0 Å². The fourth-order valence-corrected chi connectivity index (χ4v) is 3.56. The Morgan fingerprint density at radius 1 is 0.474 bits per heavy atom. The summed E-state index contributed by atoms with van der Waals surface area (Å²) < 4.78 is 0. The Balaban J connectivity index is 0.000000211. The third-order valence-electron chi connectivity index (χ3n) is 5.73. The topological polar surface area (TPSA) is 115 Å². The van der Waals surface area contributed by atoms with E-state index in [-0.39, 0.29) is 22.6 Å². The number of rotatable bonds is 6. The van der Waals surface area contributed by atoms with Crippen molar-refractivity contribution in [2.75, 3.05) is 0 Å². The summed E-state index contributed by atoms with van der Waals surface area (Å²) in [7, 11) is 0. The average Bonchev–Trinajstić information content (AvgIpc) is 2.91. The highest BCUT2D eigenvalue weighted by atomic mass is 16.4. The smallest absolute Gasteiger partial charge is 0.335 e. The molecule has 0 heterocycles. The molecule has 0 radical (unpaired) electrons. The molecule has 6 nitrogen and oxygen atoms in total. The number of carbonyl (C=O) groups is 2. The Morgan fingerprint density at radius 2 is 0.737 bits per heavy atom. The number of carboxylic acids is 2. The summed E-state index contributed by atoms with van der Waals surface area (Å²) in [6.45, 7) is 3.93. The van der Waals surface area contributed by atoms with Crippen LogP contribution < -0.4 is 0 Å². The summed E-state index contributed by atoms with van der Waals surface area (Å²) in [4.78, 5) is 21.5. The van der Waals surface area contributed by atoms with E-state index in [0.29, 0.717) is 0 Å². The molecule has 38 heavy (non-hydrogen) atoms. The minimum Gasteiger partial charge on any atom is -0.508 e. The van der Waals surface area contributed by atoms with Gasteiger partial charge in [-0.2, -0.15) is 0 Å². The third kappa shape index (κ3) is 7.96. The lowest BCUT2D eigenvalue weighted by Crippen LogP contribution is -1.95. The normalized spacial score (nSPS) is 11.3. The van der Waals surface area contributed by atoms with Crippen molar-refractivity contribution in [3.05, 3.63) is 130 Å². The number of benzene rings is 4. The van der Waals surface area contributed by atoms with E-state index in [2.05, 4.69) is 0 Å². The van der Waals surface area contributed by atoms with Crippen molar-refractivity contribution in [2.45, 2.75) is 13.8 Å². The van der Waals surface area contributed by atoms with E-state index in [1.165, 1.54) is 0 Å². The van der Waals surface area contributed by atoms with Crippen molar-refractivity contribution in [3.8, 4) is 11.5 Å². The molecule has 6 heteroatoms. The molecule has 0 saturated carbocycles. The molecule has 0 aliphatic rings. The van der Waals surface area contributed by atoms with Crippen molar-refractivity contribution in [2.24, 2.45) is 0 Å². The van der Waals surface area contributed by atoms with Crippen LogP contribution in [0.15, 0.2) is 97.1 Å². The van der Waals surface area contributed by atoms with Gasteiger partial charge in [0.05, 0.1) is 11.1 Å². The zero-order valence-corrected chi connectivity index (χ0v) is 21.0. The molecule has 0 atom stereocenters. The van der Waals surface area contributed by atoms with E-state index in [9.17, 15) is 19.8 Å². The molecular formula is C32H28O6. The Labute approximate surface area is 221 Å². The van der Waals surface area contributed by atoms with E-state index in [1.54, 1.807) is 72.8 Å². The molecule has 0 aliphatic heterocycles. The molecule has 0 aliphatic carbocycles. The van der Waals surface area contributed by atoms with Gasteiger partial charge in [0.15, 0.2) is 0 Å². The molecule has 192 valence electrons. The first kappa shape index (κ1) is 27.5. The number of hydrogen-bond donors (Lipinski definition) is 4. The fourth-order valence-electron chi connectivity index (χ4n) is 3.56. The molecule has 4 rings (SSSR count). The molecule has 4 aromatic carbocycles. The summed E-state index contributed by atoms with van der Waals surface area (Å²) in [6.07, 6.45) is 3.95. The van der Waals surface area contributed by atoms with Crippen LogP contribution in [0.3, 0.4) is 0 Å². The van der Waals surface area contributed by atoms with Gasteiger partial charge in [0.25, 0.3) is 0 Å². The average molecular weight is 509 g/mol. The molecular weight excluding hydrogens is 480 g/mol. The fraction of sp³-hybridized carbons (Fsp3) is 0.0625. The quantitative estimate of drug-likeness (QED) is 0.203. The molecule has 4 N–H and O–H groups in total. The Hall–Kier alpha value is -5.10. The van der Waals surface area contributed by atoms with E-state index in [0.717, 1.165) is 33.4 Å². The predicted molar refractivity (Wildman–Crippen MR) is 150 cm³/mol. The highest BCUT2D eigenvalue weighted by Gasteiger charge is 2.03. The molecule has 0 unspecified atom stereocenters. The first-order valence-corrected chi connectivity index (χ1v) is 11.7. The van der Waals surface area contributed by atoms with Crippen LogP contribution in [0.4, 0.5) is 0 Å². The first-order valence-electron chi connectivity index (χ1n) is 11.7. The monoisotopic (exact) mass is 508 g/mol. The summed E-state index contributed by atoms with van der Waals surface area (Å²) in [5, 5.41) is 36.1. The number of phenols is 2. The standard InChI is InChI=1S/2C16H14O3/c1-11(10-12-2-8-15(17)9-3-12)13-4-6-14(7-5-13)16(18)19;1-11(13-6-8-15(17)9-7-13)10-12-2-4-14(5-3-12)16(18)19/h2*2-10,17H,1H3,(H,18,19). The second kappa shape index (κ2) is 12.7. The molecule has 0 amide bonds. The van der Waals surface area contributed by atoms with Crippen LogP contribution in [0.25, 0.3) is 23.3 Å². The maximum Gasteiger partial charge on any atom is 0.335 e. The van der Waals surface area contributed by atoms with Gasteiger partial charge < -0.3 is 20.4 Å². The second-order valence-corrected chi connectivity index (χ2v) is 8.60. The Kier molecular flexibility index (Phi) is 9.21.